The molecule has 0 aromatic heterocycles. The van der Waals surface area contributed by atoms with Crippen LogP contribution in [0.1, 0.15) is 16.7 Å². The number of hydrogen-bond acceptors (Lipinski definition) is 2. The molecule has 0 atom stereocenters. The summed E-state index contributed by atoms with van der Waals surface area (Å²) in [6.45, 7) is 1.07. The molecular weight excluding hydrogens is 332 g/mol. The van der Waals surface area contributed by atoms with E-state index in [1.807, 2.05) is 71.6 Å². The molecule has 3 nitrogen and oxygen atoms in total. The third-order valence-corrected chi connectivity index (χ3v) is 4.76. The van der Waals surface area contributed by atoms with Crippen molar-refractivity contribution < 1.29 is 4.79 Å². The molecule has 1 aliphatic rings. The Morgan fingerprint density at radius 3 is 1.93 bits per heavy atom. The topological polar surface area (TPSA) is 32.3 Å². The van der Waals surface area contributed by atoms with Crippen molar-refractivity contribution in [3.63, 3.8) is 0 Å². The van der Waals surface area contributed by atoms with Crippen LogP contribution in [0.3, 0.4) is 0 Å². The van der Waals surface area contributed by atoms with Crippen molar-refractivity contribution in [2.24, 2.45) is 0 Å². The molecule has 3 aromatic rings. The van der Waals surface area contributed by atoms with Crippen molar-refractivity contribution in [1.82, 2.24) is 5.32 Å². The second kappa shape index (κ2) is 8.02. The molecule has 3 heteroatoms. The number of carbonyl (C=O) groups excluding carboxylic acids is 1. The van der Waals surface area contributed by atoms with E-state index in [9.17, 15) is 4.79 Å². The molecule has 4 rings (SSSR count). The SMILES string of the molecule is O=C(CNCCc1ccccc1)N1c2ccccc2C=Cc2ccccc21. The number of para-hydroxylation sites is 2. The fraction of sp³-hybridized carbons (Fsp3) is 0.125. The molecule has 1 amide bonds. The first kappa shape index (κ1) is 17.3. The number of anilines is 2. The number of rotatable bonds is 5. The lowest BCUT2D eigenvalue weighted by Gasteiger charge is -2.25. The largest absolute Gasteiger partial charge is 0.308 e. The monoisotopic (exact) mass is 354 g/mol. The van der Waals surface area contributed by atoms with E-state index in [0.29, 0.717) is 6.54 Å². The Morgan fingerprint density at radius 2 is 1.30 bits per heavy atom. The lowest BCUT2D eigenvalue weighted by atomic mass is 10.1. The van der Waals surface area contributed by atoms with Gasteiger partial charge in [0.25, 0.3) is 0 Å². The number of carbonyl (C=O) groups is 1. The van der Waals surface area contributed by atoms with Gasteiger partial charge in [-0.05, 0) is 41.8 Å². The maximum absolute atomic E-state index is 13.1. The minimum atomic E-state index is 0.0478. The van der Waals surface area contributed by atoms with E-state index in [0.717, 1.165) is 35.5 Å². The van der Waals surface area contributed by atoms with Gasteiger partial charge in [-0.1, -0.05) is 78.9 Å². The van der Waals surface area contributed by atoms with Crippen LogP contribution in [0.15, 0.2) is 78.9 Å². The summed E-state index contributed by atoms with van der Waals surface area (Å²) in [6.07, 6.45) is 5.05. The molecule has 134 valence electrons. The number of hydrogen-bond donors (Lipinski definition) is 1. The van der Waals surface area contributed by atoms with E-state index >= 15 is 0 Å². The van der Waals surface area contributed by atoms with Gasteiger partial charge in [-0.25, -0.2) is 0 Å². The predicted molar refractivity (Wildman–Crippen MR) is 112 cm³/mol. The molecule has 27 heavy (non-hydrogen) atoms. The Balaban J connectivity index is 1.51. The van der Waals surface area contributed by atoms with Gasteiger partial charge < -0.3 is 5.32 Å². The van der Waals surface area contributed by atoms with E-state index < -0.39 is 0 Å². The highest BCUT2D eigenvalue weighted by molar-refractivity contribution is 6.07. The third-order valence-electron chi connectivity index (χ3n) is 4.76. The Morgan fingerprint density at radius 1 is 0.741 bits per heavy atom. The van der Waals surface area contributed by atoms with E-state index in [1.54, 1.807) is 0 Å². The maximum Gasteiger partial charge on any atom is 0.245 e. The molecule has 3 aromatic carbocycles. The van der Waals surface area contributed by atoms with Crippen LogP contribution in [0.2, 0.25) is 0 Å². The molecule has 0 bridgehead atoms. The summed E-state index contributed by atoms with van der Waals surface area (Å²) in [7, 11) is 0. The van der Waals surface area contributed by atoms with Gasteiger partial charge in [0.2, 0.25) is 5.91 Å². The van der Waals surface area contributed by atoms with Gasteiger partial charge in [0.15, 0.2) is 0 Å². The normalized spacial score (nSPS) is 12.2. The van der Waals surface area contributed by atoms with Crippen LogP contribution < -0.4 is 10.2 Å². The zero-order valence-electron chi connectivity index (χ0n) is 15.1. The summed E-state index contributed by atoms with van der Waals surface area (Å²) in [6, 6.07) is 26.4. The van der Waals surface area contributed by atoms with Gasteiger partial charge in [-0.3, -0.25) is 9.69 Å². The minimum absolute atomic E-state index is 0.0478. The molecule has 1 N–H and O–H groups in total. The van der Waals surface area contributed by atoms with Gasteiger partial charge >= 0.3 is 0 Å². The Labute approximate surface area is 160 Å². The fourth-order valence-electron chi connectivity index (χ4n) is 3.39. The first-order chi connectivity index (χ1) is 13.3. The fourth-order valence-corrected chi connectivity index (χ4v) is 3.39. The van der Waals surface area contributed by atoms with Crippen molar-refractivity contribution in [3.05, 3.63) is 95.6 Å². The lowest BCUT2D eigenvalue weighted by molar-refractivity contribution is -0.117. The first-order valence-corrected chi connectivity index (χ1v) is 9.27. The summed E-state index contributed by atoms with van der Waals surface area (Å²) in [4.78, 5) is 15.0. The summed E-state index contributed by atoms with van der Waals surface area (Å²) in [5.41, 5.74) is 5.21. The van der Waals surface area contributed by atoms with Gasteiger partial charge in [-0.2, -0.15) is 0 Å². The van der Waals surface area contributed by atoms with Crippen molar-refractivity contribution >= 4 is 29.4 Å². The summed E-state index contributed by atoms with van der Waals surface area (Å²) < 4.78 is 0. The van der Waals surface area contributed by atoms with Crippen molar-refractivity contribution in [3.8, 4) is 0 Å². The van der Waals surface area contributed by atoms with Crippen LogP contribution in [0.5, 0.6) is 0 Å². The number of amides is 1. The molecule has 0 fully saturated rings. The first-order valence-electron chi connectivity index (χ1n) is 9.27. The molecule has 0 aliphatic carbocycles. The van der Waals surface area contributed by atoms with E-state index in [-0.39, 0.29) is 5.91 Å². The number of fused-ring (bicyclic) bond motifs is 2. The molecular formula is C24H22N2O. The lowest BCUT2D eigenvalue weighted by Crippen LogP contribution is -2.36. The van der Waals surface area contributed by atoms with Crippen molar-refractivity contribution in [2.45, 2.75) is 6.42 Å². The van der Waals surface area contributed by atoms with Gasteiger partial charge in [0, 0.05) is 0 Å². The van der Waals surface area contributed by atoms with Crippen LogP contribution in [-0.2, 0) is 11.2 Å². The van der Waals surface area contributed by atoms with Crippen molar-refractivity contribution in [1.29, 1.82) is 0 Å². The smallest absolute Gasteiger partial charge is 0.245 e. The second-order valence-corrected chi connectivity index (χ2v) is 6.59. The Hall–Kier alpha value is -3.17. The summed E-state index contributed by atoms with van der Waals surface area (Å²) in [5, 5.41) is 3.30. The molecule has 0 spiro atoms. The van der Waals surface area contributed by atoms with E-state index in [2.05, 4.69) is 29.6 Å². The summed E-state index contributed by atoms with van der Waals surface area (Å²) in [5.74, 6) is 0.0478. The average Bonchev–Trinajstić information content (AvgIpc) is 2.89. The molecule has 0 unspecified atom stereocenters. The zero-order chi connectivity index (χ0) is 18.5. The van der Waals surface area contributed by atoms with Crippen LogP contribution in [0.25, 0.3) is 12.2 Å². The minimum Gasteiger partial charge on any atom is -0.308 e. The van der Waals surface area contributed by atoms with Crippen molar-refractivity contribution in [2.75, 3.05) is 18.0 Å². The van der Waals surface area contributed by atoms with E-state index in [1.165, 1.54) is 5.56 Å². The number of benzene rings is 3. The highest BCUT2D eigenvalue weighted by atomic mass is 16.2. The third kappa shape index (κ3) is 3.83. The van der Waals surface area contributed by atoms with Gasteiger partial charge in [0.1, 0.15) is 0 Å². The molecule has 0 saturated heterocycles. The van der Waals surface area contributed by atoms with Crippen LogP contribution in [-0.4, -0.2) is 19.0 Å². The number of nitrogens with one attached hydrogen (secondary N) is 1. The van der Waals surface area contributed by atoms with Crippen LogP contribution in [0.4, 0.5) is 11.4 Å². The van der Waals surface area contributed by atoms with E-state index in [4.69, 9.17) is 0 Å². The van der Waals surface area contributed by atoms with Gasteiger partial charge in [-0.15, -0.1) is 0 Å². The van der Waals surface area contributed by atoms with Crippen LogP contribution in [0, 0.1) is 0 Å². The zero-order valence-corrected chi connectivity index (χ0v) is 15.1. The molecule has 1 heterocycles. The quantitative estimate of drug-likeness (QED) is 0.676. The standard InChI is InChI=1S/C24H22N2O/c27-24(18-25-17-16-19-8-2-1-3-9-19)26-22-12-6-4-10-20(22)14-15-21-11-5-7-13-23(21)26/h1-15,25H,16-18H2. The second-order valence-electron chi connectivity index (χ2n) is 6.59. The predicted octanol–water partition coefficient (Wildman–Crippen LogP) is 4.67. The average molecular weight is 354 g/mol. The molecule has 1 aliphatic heterocycles. The van der Waals surface area contributed by atoms with Crippen LogP contribution >= 0.6 is 0 Å². The molecule has 0 radical (unpaired) electrons. The van der Waals surface area contributed by atoms with Gasteiger partial charge in [0.05, 0.1) is 17.9 Å². The summed E-state index contributed by atoms with van der Waals surface area (Å²) >= 11 is 0. The maximum atomic E-state index is 13.1. The highest BCUT2D eigenvalue weighted by Gasteiger charge is 2.23. The Kier molecular flexibility index (Phi) is 5.13. The Bertz CT molecular complexity index is 913. The highest BCUT2D eigenvalue weighted by Crippen LogP contribution is 2.36. The number of nitrogens with zero attached hydrogens (tertiary/aromatic N) is 1. The molecule has 0 saturated carbocycles.